The summed E-state index contributed by atoms with van der Waals surface area (Å²) in [6, 6.07) is 3.34. The maximum Gasteiger partial charge on any atom is 0.412 e. The Balaban J connectivity index is 2.64. The van der Waals surface area contributed by atoms with Gasteiger partial charge in [0.15, 0.2) is 0 Å². The van der Waals surface area contributed by atoms with Gasteiger partial charge < -0.3 is 4.74 Å². The van der Waals surface area contributed by atoms with Crippen molar-refractivity contribution < 1.29 is 9.53 Å². The van der Waals surface area contributed by atoms with Gasteiger partial charge in [0.1, 0.15) is 13.4 Å². The number of anilines is 1. The standard InChI is InChI=1S/C10H13BN2O2/c1-10(2,3)15-9(14)13-7-5-4-6-12-8(7)11/h4-6H,1-3H3,(H,13,14). The van der Waals surface area contributed by atoms with Crippen molar-refractivity contribution in [2.24, 2.45) is 0 Å². The molecule has 1 heterocycles. The van der Waals surface area contributed by atoms with E-state index in [0.717, 1.165) is 0 Å². The monoisotopic (exact) mass is 204 g/mol. The van der Waals surface area contributed by atoms with Gasteiger partial charge in [-0.3, -0.25) is 10.3 Å². The lowest BCUT2D eigenvalue weighted by molar-refractivity contribution is 0.0636. The van der Waals surface area contributed by atoms with Crippen LogP contribution in [0.25, 0.3) is 0 Å². The lowest BCUT2D eigenvalue weighted by Gasteiger charge is -2.20. The highest BCUT2D eigenvalue weighted by molar-refractivity contribution is 6.34. The number of rotatable bonds is 1. The molecule has 78 valence electrons. The maximum atomic E-state index is 11.4. The average molecular weight is 204 g/mol. The summed E-state index contributed by atoms with van der Waals surface area (Å²) in [7, 11) is 5.55. The minimum absolute atomic E-state index is 0.267. The van der Waals surface area contributed by atoms with E-state index in [4.69, 9.17) is 12.6 Å². The summed E-state index contributed by atoms with van der Waals surface area (Å²) < 4.78 is 5.06. The number of aromatic nitrogens is 1. The molecule has 1 aromatic rings. The number of ether oxygens (including phenoxy) is 1. The van der Waals surface area contributed by atoms with Gasteiger partial charge in [0.2, 0.25) is 0 Å². The van der Waals surface area contributed by atoms with E-state index in [1.54, 1.807) is 39.1 Å². The minimum Gasteiger partial charge on any atom is -0.444 e. The van der Waals surface area contributed by atoms with Crippen LogP contribution in [0.15, 0.2) is 18.3 Å². The normalized spacial score (nSPS) is 10.9. The Hall–Kier alpha value is -1.52. The zero-order chi connectivity index (χ0) is 11.5. The fourth-order valence-electron chi connectivity index (χ4n) is 0.937. The average Bonchev–Trinajstić information content (AvgIpc) is 2.05. The molecule has 0 saturated carbocycles. The van der Waals surface area contributed by atoms with Crippen LogP contribution in [-0.2, 0) is 4.74 Å². The molecule has 0 saturated heterocycles. The largest absolute Gasteiger partial charge is 0.444 e. The SMILES string of the molecule is [B]c1ncccc1NC(=O)OC(C)(C)C. The van der Waals surface area contributed by atoms with Gasteiger partial charge in [0, 0.05) is 11.8 Å². The van der Waals surface area contributed by atoms with Crippen LogP contribution in [-0.4, -0.2) is 24.5 Å². The number of pyridine rings is 1. The highest BCUT2D eigenvalue weighted by atomic mass is 16.6. The third-order valence-corrected chi connectivity index (χ3v) is 1.47. The zero-order valence-electron chi connectivity index (χ0n) is 9.07. The van der Waals surface area contributed by atoms with E-state index >= 15 is 0 Å². The quantitative estimate of drug-likeness (QED) is 0.699. The van der Waals surface area contributed by atoms with Crippen LogP contribution in [0.2, 0.25) is 0 Å². The second kappa shape index (κ2) is 4.34. The first-order chi connectivity index (χ1) is 6.88. The minimum atomic E-state index is -0.540. The van der Waals surface area contributed by atoms with Crippen LogP contribution in [0.5, 0.6) is 0 Å². The highest BCUT2D eigenvalue weighted by Gasteiger charge is 2.16. The van der Waals surface area contributed by atoms with Gasteiger partial charge in [-0.2, -0.15) is 0 Å². The summed E-state index contributed by atoms with van der Waals surface area (Å²) in [5, 5.41) is 2.52. The Bertz CT molecular complexity index is 361. The molecule has 0 unspecified atom stereocenters. The summed E-state index contributed by atoms with van der Waals surface area (Å²) >= 11 is 0. The third kappa shape index (κ3) is 4.02. The van der Waals surface area contributed by atoms with E-state index in [-0.39, 0.29) is 5.59 Å². The molecule has 1 aromatic heterocycles. The number of nitrogens with one attached hydrogen (secondary N) is 1. The van der Waals surface area contributed by atoms with Gasteiger partial charge in [0.25, 0.3) is 0 Å². The van der Waals surface area contributed by atoms with E-state index in [9.17, 15) is 4.79 Å². The smallest absolute Gasteiger partial charge is 0.412 e. The molecule has 4 nitrogen and oxygen atoms in total. The fourth-order valence-corrected chi connectivity index (χ4v) is 0.937. The van der Waals surface area contributed by atoms with Crippen molar-refractivity contribution in [1.82, 2.24) is 4.98 Å². The van der Waals surface area contributed by atoms with Gasteiger partial charge >= 0.3 is 6.09 Å². The molecule has 0 fully saturated rings. The molecule has 1 N–H and O–H groups in total. The molecule has 0 aliphatic carbocycles. The Labute approximate surface area is 90.5 Å². The molecule has 0 atom stereocenters. The van der Waals surface area contributed by atoms with Crippen molar-refractivity contribution in [3.05, 3.63) is 18.3 Å². The highest BCUT2D eigenvalue weighted by Crippen LogP contribution is 2.09. The van der Waals surface area contributed by atoms with E-state index in [1.165, 1.54) is 0 Å². The predicted octanol–water partition coefficient (Wildman–Crippen LogP) is 1.22. The summed E-state index contributed by atoms with van der Waals surface area (Å²) in [5.41, 5.74) is 0.191. The van der Waals surface area contributed by atoms with Crippen LogP contribution >= 0.6 is 0 Å². The lowest BCUT2D eigenvalue weighted by atomic mass is 10.0. The molecular weight excluding hydrogens is 191 g/mol. The lowest BCUT2D eigenvalue weighted by Crippen LogP contribution is -2.29. The number of carbonyl (C=O) groups excluding carboxylic acids is 1. The first-order valence-corrected chi connectivity index (χ1v) is 4.59. The molecule has 15 heavy (non-hydrogen) atoms. The molecule has 1 rings (SSSR count). The van der Waals surface area contributed by atoms with Gasteiger partial charge in [-0.1, -0.05) is 0 Å². The molecule has 0 aliphatic rings. The molecule has 5 heteroatoms. The number of nitrogens with zero attached hydrogens (tertiary/aromatic N) is 1. The Morgan fingerprint density at radius 1 is 1.53 bits per heavy atom. The van der Waals surface area contributed by atoms with Crippen molar-refractivity contribution in [1.29, 1.82) is 0 Å². The van der Waals surface area contributed by atoms with Gasteiger partial charge in [-0.15, -0.1) is 0 Å². The van der Waals surface area contributed by atoms with Crippen LogP contribution in [0.1, 0.15) is 20.8 Å². The molecule has 1 amide bonds. The molecule has 0 spiro atoms. The molecule has 0 aromatic carbocycles. The van der Waals surface area contributed by atoms with Crippen molar-refractivity contribution in [2.75, 3.05) is 5.32 Å². The summed E-state index contributed by atoms with van der Waals surface area (Å²) in [6.07, 6.45) is 1.01. The van der Waals surface area contributed by atoms with Crippen LogP contribution in [0.4, 0.5) is 10.5 Å². The van der Waals surface area contributed by atoms with Crippen LogP contribution < -0.4 is 10.9 Å². The Morgan fingerprint density at radius 2 is 2.20 bits per heavy atom. The second-order valence-corrected chi connectivity index (χ2v) is 4.06. The fraction of sp³-hybridized carbons (Fsp3) is 0.400. The van der Waals surface area contributed by atoms with Crippen LogP contribution in [0, 0.1) is 0 Å². The topological polar surface area (TPSA) is 51.2 Å². The van der Waals surface area contributed by atoms with Crippen molar-refractivity contribution in [3.63, 3.8) is 0 Å². The number of hydrogen-bond donors (Lipinski definition) is 1. The Morgan fingerprint density at radius 3 is 2.73 bits per heavy atom. The third-order valence-electron chi connectivity index (χ3n) is 1.47. The first kappa shape index (κ1) is 11.6. The zero-order valence-corrected chi connectivity index (χ0v) is 9.07. The number of amides is 1. The number of carbonyl (C=O) groups is 1. The summed E-state index contributed by atoms with van der Waals surface area (Å²) in [4.78, 5) is 15.2. The maximum absolute atomic E-state index is 11.4. The number of hydrogen-bond acceptors (Lipinski definition) is 3. The van der Waals surface area contributed by atoms with E-state index < -0.39 is 11.7 Å². The Kier molecular flexibility index (Phi) is 3.34. The van der Waals surface area contributed by atoms with E-state index in [1.807, 2.05) is 0 Å². The second-order valence-electron chi connectivity index (χ2n) is 4.06. The van der Waals surface area contributed by atoms with Gasteiger partial charge in [0.05, 0.1) is 5.69 Å². The summed E-state index contributed by atoms with van der Waals surface area (Å²) in [6.45, 7) is 5.37. The van der Waals surface area contributed by atoms with Crippen molar-refractivity contribution >= 4 is 25.2 Å². The van der Waals surface area contributed by atoms with Crippen molar-refractivity contribution in [2.45, 2.75) is 26.4 Å². The predicted molar refractivity (Wildman–Crippen MR) is 59.5 cm³/mol. The molecule has 0 aliphatic heterocycles. The molecule has 0 bridgehead atoms. The van der Waals surface area contributed by atoms with E-state index in [0.29, 0.717) is 5.69 Å². The van der Waals surface area contributed by atoms with Crippen LogP contribution in [0.3, 0.4) is 0 Å². The van der Waals surface area contributed by atoms with Gasteiger partial charge in [-0.05, 0) is 32.9 Å². The van der Waals surface area contributed by atoms with Gasteiger partial charge in [-0.25, -0.2) is 4.79 Å². The first-order valence-electron chi connectivity index (χ1n) is 4.59. The summed E-state index contributed by atoms with van der Waals surface area (Å²) in [5.74, 6) is 0. The van der Waals surface area contributed by atoms with Crippen molar-refractivity contribution in [3.8, 4) is 0 Å². The molecule has 2 radical (unpaired) electrons. The van der Waals surface area contributed by atoms with E-state index in [2.05, 4.69) is 10.3 Å². The molecular formula is C10H13BN2O2.